The fourth-order valence-corrected chi connectivity index (χ4v) is 7.01. The second-order valence-electron chi connectivity index (χ2n) is 17.1. The van der Waals surface area contributed by atoms with Crippen molar-refractivity contribution in [2.45, 2.75) is 113 Å². The summed E-state index contributed by atoms with van der Waals surface area (Å²) in [6.45, 7) is 13.5. The van der Waals surface area contributed by atoms with Crippen LogP contribution < -0.4 is 0 Å². The van der Waals surface area contributed by atoms with Gasteiger partial charge < -0.3 is 28.8 Å². The van der Waals surface area contributed by atoms with E-state index in [0.29, 0.717) is 60.1 Å². The average molecular weight is 914 g/mol. The number of amides is 2. The van der Waals surface area contributed by atoms with Crippen molar-refractivity contribution in [1.82, 2.24) is 29.3 Å². The Kier molecular flexibility index (Phi) is 11.2. The number of aromatic amines is 1. The van der Waals surface area contributed by atoms with E-state index in [1.807, 2.05) is 67.5 Å². The number of allylic oxidation sites excluding steroid dienone is 1. The summed E-state index contributed by atoms with van der Waals surface area (Å²) in [6, 6.07) is 17.7. The van der Waals surface area contributed by atoms with Crippen LogP contribution in [0, 0.1) is 27.6 Å². The Morgan fingerprint density at radius 2 is 1.29 bits per heavy atom. The van der Waals surface area contributed by atoms with Crippen molar-refractivity contribution in [2.75, 3.05) is 13.1 Å². The van der Waals surface area contributed by atoms with Crippen LogP contribution in [0.15, 0.2) is 79.1 Å². The molecule has 6 heterocycles. The summed E-state index contributed by atoms with van der Waals surface area (Å²) in [4.78, 5) is 40.0. The molecule has 62 heavy (non-hydrogen) atoms. The van der Waals surface area contributed by atoms with Crippen molar-refractivity contribution in [1.29, 1.82) is 0 Å². The van der Waals surface area contributed by atoms with Gasteiger partial charge in [-0.25, -0.2) is 9.59 Å². The smallest absolute Gasteiger partial charge is 0.410 e. The predicted octanol–water partition coefficient (Wildman–Crippen LogP) is 12.3. The number of aromatic nitrogens is 4. The third-order valence-corrected chi connectivity index (χ3v) is 9.83. The van der Waals surface area contributed by atoms with E-state index in [9.17, 15) is 9.59 Å². The maximum absolute atomic E-state index is 12.8. The van der Waals surface area contributed by atoms with Crippen LogP contribution in [0.1, 0.15) is 118 Å². The Bertz CT molecular complexity index is 3000. The lowest BCUT2D eigenvalue weighted by atomic mass is 10.0. The van der Waals surface area contributed by atoms with Gasteiger partial charge in [-0.3, -0.25) is 9.97 Å². The topological polar surface area (TPSA) is 106 Å². The number of hydrogen-bond donors (Lipinski definition) is 1. The number of nitrogens with one attached hydrogen (secondary N) is 1. The van der Waals surface area contributed by atoms with Gasteiger partial charge in [0.25, 0.3) is 0 Å². The third-order valence-electron chi connectivity index (χ3n) is 9.83. The first kappa shape index (κ1) is 34.9. The van der Waals surface area contributed by atoms with E-state index < -0.39 is 31.0 Å². The maximum Gasteiger partial charge on any atom is 0.410 e. The number of benzene rings is 2. The molecule has 10 nitrogen and oxygen atoms in total. The highest BCUT2D eigenvalue weighted by Crippen LogP contribution is 2.33. The molecule has 0 saturated carbocycles. The molecule has 2 aliphatic rings. The molecule has 8 rings (SSSR count). The molecule has 328 valence electrons. The van der Waals surface area contributed by atoms with Gasteiger partial charge in [-0.05, 0) is 130 Å². The van der Waals surface area contributed by atoms with E-state index in [4.69, 9.17) is 23.2 Å². The van der Waals surface area contributed by atoms with Crippen LogP contribution in [0.2, 0.25) is 0 Å². The molecule has 6 aromatic rings. The van der Waals surface area contributed by atoms with E-state index in [2.05, 4.69) is 15.0 Å². The van der Waals surface area contributed by atoms with Gasteiger partial charge in [0.15, 0.2) is 0 Å². The van der Waals surface area contributed by atoms with E-state index in [0.717, 1.165) is 44.8 Å². The lowest BCUT2D eigenvalue weighted by Crippen LogP contribution is -2.40. The summed E-state index contributed by atoms with van der Waals surface area (Å²) in [6.07, 6.45) is 3.52. The van der Waals surface area contributed by atoms with E-state index >= 15 is 0 Å². The molecule has 2 amide bonds. The first-order valence-corrected chi connectivity index (χ1v) is 20.4. The number of carbonyl (C=O) groups excluding carboxylic acids is 2. The highest BCUT2D eigenvalue weighted by Gasteiger charge is 2.30. The van der Waals surface area contributed by atoms with Crippen LogP contribution >= 0.6 is 17.0 Å². The molecular formula is C51H63BrN6O4. The molecule has 11 heteroatoms. The minimum absolute atomic E-state index is 0. The molecule has 0 aliphatic carbocycles. The van der Waals surface area contributed by atoms with Crippen LogP contribution in [0.4, 0.5) is 9.59 Å². The summed E-state index contributed by atoms with van der Waals surface area (Å²) in [5, 5.41) is 1.52. The molecule has 0 unspecified atom stereocenters. The predicted molar refractivity (Wildman–Crippen MR) is 259 cm³/mol. The second kappa shape index (κ2) is 20.0. The SMILES string of the molecule is Br.[2H]C(=C([2H])n1c2c(c3cc(C([2H])([2H])[2H])ccc31)CN(C(=O)OC(C)(C)C)CC2)c1ccc(C)nc1.[2H]C(C)=C([2H])c1ccc(C)nc1.[2H]C([2H])([2H])c1ccc2[nH]c3c(c2c1)CN(C(=O)OC(C)(C)C)CC3. The van der Waals surface area contributed by atoms with Gasteiger partial charge in [0.2, 0.25) is 0 Å². The third kappa shape index (κ3) is 12.2. The van der Waals surface area contributed by atoms with Crippen molar-refractivity contribution in [3.63, 3.8) is 0 Å². The molecular weight excluding hydrogens is 841 g/mol. The van der Waals surface area contributed by atoms with Gasteiger partial charge in [-0.1, -0.05) is 47.5 Å². The molecule has 0 fully saturated rings. The number of carbonyl (C=O) groups is 2. The number of H-pyrrole nitrogens is 1. The van der Waals surface area contributed by atoms with Gasteiger partial charge >= 0.3 is 12.2 Å². The highest BCUT2D eigenvalue weighted by molar-refractivity contribution is 8.93. The molecule has 4 aromatic heterocycles. The zero-order chi connectivity index (χ0) is 52.5. The summed E-state index contributed by atoms with van der Waals surface area (Å²) >= 11 is 0. The van der Waals surface area contributed by atoms with Gasteiger partial charge in [-0.15, -0.1) is 17.0 Å². The Hall–Kier alpha value is -5.68. The Balaban J connectivity index is 0.000000224. The van der Waals surface area contributed by atoms with E-state index in [-0.39, 0.29) is 59.5 Å². The molecule has 2 aromatic carbocycles. The highest BCUT2D eigenvalue weighted by atomic mass is 79.9. The average Bonchev–Trinajstić information content (AvgIpc) is 3.82. The fourth-order valence-electron chi connectivity index (χ4n) is 7.01. The first-order chi connectivity index (χ1) is 32.9. The van der Waals surface area contributed by atoms with Crippen LogP contribution in [0.5, 0.6) is 0 Å². The number of halogens is 1. The number of fused-ring (bicyclic) bond motifs is 6. The monoisotopic (exact) mass is 912 g/mol. The molecule has 0 spiro atoms. The minimum atomic E-state index is -2.30. The molecule has 0 saturated heterocycles. The van der Waals surface area contributed by atoms with Crippen LogP contribution in [0.25, 0.3) is 40.1 Å². The Morgan fingerprint density at radius 1 is 0.742 bits per heavy atom. The zero-order valence-corrected chi connectivity index (χ0v) is 38.7. The lowest BCUT2D eigenvalue weighted by Gasteiger charge is -2.30. The van der Waals surface area contributed by atoms with Gasteiger partial charge in [0, 0.05) is 103 Å². The molecule has 2 aliphatic heterocycles. The first-order valence-electron chi connectivity index (χ1n) is 25.4. The number of rotatable bonds is 3. The maximum atomic E-state index is 12.8. The molecule has 0 radical (unpaired) electrons. The van der Waals surface area contributed by atoms with Crippen LogP contribution in [-0.4, -0.2) is 65.8 Å². The van der Waals surface area contributed by atoms with Crippen molar-refractivity contribution in [2.24, 2.45) is 0 Å². The molecule has 0 atom stereocenters. The summed E-state index contributed by atoms with van der Waals surface area (Å²) in [7, 11) is 0. The Labute approximate surface area is 391 Å². The standard InChI is InChI=1S/C25H29N3O2.C17H22N2O2.C9H11N.BrH/c1-17-6-9-22-20(14-17)21-16-27(24(29)30-25(3,4)5)12-11-23(21)28(22)13-10-19-8-7-18(2)26-15-19;1-11-5-6-14-12(9-11)13-10-19(8-7-15(13)18-14)16(20)21-17(2,3)4;1-3-4-9-6-5-8(2)10-7-9;/h6-10,13-15H,11-12,16H2,1-5H3;5-6,9,18H,7-8,10H2,1-4H3;3-7H,1-2H3;1H/i1D3,10D,13D;1D3;3D,4D;. The van der Waals surface area contributed by atoms with Crippen LogP contribution in [-0.2, 0) is 35.4 Å². The van der Waals surface area contributed by atoms with E-state index in [1.165, 1.54) is 6.07 Å². The number of hydrogen-bond acceptors (Lipinski definition) is 6. The van der Waals surface area contributed by atoms with Gasteiger partial charge in [0.1, 0.15) is 11.2 Å². The number of aryl methyl sites for hydroxylation is 4. The van der Waals surface area contributed by atoms with E-state index in [1.54, 1.807) is 76.1 Å². The minimum Gasteiger partial charge on any atom is -0.444 e. The summed E-state index contributed by atoms with van der Waals surface area (Å²) in [5.74, 6) is 0. The van der Waals surface area contributed by atoms with Crippen molar-refractivity contribution in [3.8, 4) is 0 Å². The molecule has 0 bridgehead atoms. The van der Waals surface area contributed by atoms with Crippen LogP contribution in [0.3, 0.4) is 0 Å². The second-order valence-corrected chi connectivity index (χ2v) is 17.1. The van der Waals surface area contributed by atoms with Crippen molar-refractivity contribution in [3.05, 3.63) is 135 Å². The number of nitrogens with zero attached hydrogens (tertiary/aromatic N) is 5. The number of ether oxygens (including phenoxy) is 2. The zero-order valence-electron chi connectivity index (χ0n) is 46.9. The van der Waals surface area contributed by atoms with Crippen molar-refractivity contribution >= 4 is 69.3 Å². The lowest BCUT2D eigenvalue weighted by molar-refractivity contribution is 0.0214. The largest absolute Gasteiger partial charge is 0.444 e. The van der Waals surface area contributed by atoms with Gasteiger partial charge in [0.05, 0.1) is 24.1 Å². The number of pyridine rings is 2. The van der Waals surface area contributed by atoms with Gasteiger partial charge in [-0.2, -0.15) is 0 Å². The molecule has 1 N–H and O–H groups in total. The summed E-state index contributed by atoms with van der Waals surface area (Å²) < 4.78 is 91.3. The normalized spacial score (nSPS) is 17.2. The summed E-state index contributed by atoms with van der Waals surface area (Å²) in [5.41, 5.74) is 7.41. The quantitative estimate of drug-likeness (QED) is 0.190. The fraction of sp³-hybridized carbons (Fsp3) is 0.373. The van der Waals surface area contributed by atoms with Crippen molar-refractivity contribution < 1.29 is 32.8 Å². The Morgan fingerprint density at radius 3 is 1.84 bits per heavy atom.